The molecule has 0 aliphatic rings. The molecule has 0 aromatic heterocycles. The highest BCUT2D eigenvalue weighted by atomic mass is 16.6. The van der Waals surface area contributed by atoms with Crippen molar-refractivity contribution in [2.45, 2.75) is 67.9 Å². The number of nitrogens with one attached hydrogen (secondary N) is 2. The summed E-state index contributed by atoms with van der Waals surface area (Å²) < 4.78 is 5.28. The van der Waals surface area contributed by atoms with Crippen LogP contribution in [0.1, 0.15) is 62.3 Å². The third-order valence-corrected chi connectivity index (χ3v) is 4.19. The molecule has 2 N–H and O–H groups in total. The summed E-state index contributed by atoms with van der Waals surface area (Å²) in [5.41, 5.74) is -0.132. The summed E-state index contributed by atoms with van der Waals surface area (Å²) in [5.74, 6) is 1.52. The second-order valence-corrected chi connectivity index (χ2v) is 8.81. The van der Waals surface area contributed by atoms with Gasteiger partial charge in [0.2, 0.25) is 0 Å². The smallest absolute Gasteiger partial charge is 0.407 e. The lowest BCUT2D eigenvalue weighted by atomic mass is 9.82. The van der Waals surface area contributed by atoms with Crippen LogP contribution in [0.3, 0.4) is 0 Å². The highest BCUT2D eigenvalue weighted by Gasteiger charge is 2.21. The molecule has 132 valence electrons. The number of hydrogen-bond donors (Lipinski definition) is 2. The fourth-order valence-corrected chi connectivity index (χ4v) is 1.86. The molecule has 22 heavy (non-hydrogen) atoms. The lowest BCUT2D eigenvalue weighted by Crippen LogP contribution is -2.41. The zero-order chi connectivity index (χ0) is 17.6. The van der Waals surface area contributed by atoms with Gasteiger partial charge in [0.25, 0.3) is 0 Å². The quantitative estimate of drug-likeness (QED) is 0.745. The van der Waals surface area contributed by atoms with Crippen LogP contribution >= 0.6 is 0 Å². The van der Waals surface area contributed by atoms with Crippen LogP contribution < -0.4 is 10.6 Å². The van der Waals surface area contributed by atoms with Gasteiger partial charge in [-0.2, -0.15) is 0 Å². The fraction of sp³-hybridized carbons (Fsp3) is 0.944. The highest BCUT2D eigenvalue weighted by molar-refractivity contribution is 5.67. The predicted octanol–water partition coefficient (Wildman–Crippen LogP) is 4.06. The summed E-state index contributed by atoms with van der Waals surface area (Å²) in [6.45, 7) is 21.6. The van der Waals surface area contributed by atoms with Crippen molar-refractivity contribution in [3.8, 4) is 0 Å². The molecule has 0 heterocycles. The molecule has 2 atom stereocenters. The van der Waals surface area contributed by atoms with E-state index in [4.69, 9.17) is 4.74 Å². The Labute approximate surface area is 137 Å². The molecule has 0 saturated heterocycles. The number of carbonyl (C=O) groups excluding carboxylic acids is 1. The number of carbonyl (C=O) groups is 1. The minimum Gasteiger partial charge on any atom is -0.444 e. The van der Waals surface area contributed by atoms with Gasteiger partial charge in [0.1, 0.15) is 5.60 Å². The first-order chi connectivity index (χ1) is 9.83. The van der Waals surface area contributed by atoms with Crippen LogP contribution in [-0.4, -0.2) is 31.3 Å². The maximum atomic E-state index is 11.7. The van der Waals surface area contributed by atoms with E-state index in [9.17, 15) is 4.79 Å². The average Bonchev–Trinajstić information content (AvgIpc) is 2.29. The Balaban J connectivity index is 4.20. The second kappa shape index (κ2) is 8.76. The van der Waals surface area contributed by atoms with E-state index in [2.05, 4.69) is 52.2 Å². The summed E-state index contributed by atoms with van der Waals surface area (Å²) in [6.07, 6.45) is -0.332. The third-order valence-electron chi connectivity index (χ3n) is 4.19. The summed E-state index contributed by atoms with van der Waals surface area (Å²) in [5, 5.41) is 6.44. The largest absolute Gasteiger partial charge is 0.444 e. The van der Waals surface area contributed by atoms with Crippen molar-refractivity contribution in [3.63, 3.8) is 0 Å². The van der Waals surface area contributed by atoms with Gasteiger partial charge in [0, 0.05) is 6.54 Å². The molecule has 0 aliphatic heterocycles. The molecule has 0 fully saturated rings. The molecule has 0 radical (unpaired) electrons. The Morgan fingerprint density at radius 3 is 1.91 bits per heavy atom. The molecule has 2 unspecified atom stereocenters. The maximum absolute atomic E-state index is 11.7. The number of ether oxygens (including phenoxy) is 1. The average molecular weight is 315 g/mol. The summed E-state index contributed by atoms with van der Waals surface area (Å²) in [4.78, 5) is 11.7. The number of amides is 1. The van der Waals surface area contributed by atoms with E-state index in [-0.39, 0.29) is 6.09 Å². The van der Waals surface area contributed by atoms with Crippen LogP contribution in [0.5, 0.6) is 0 Å². The number of hydrogen-bond acceptors (Lipinski definition) is 3. The second-order valence-electron chi connectivity index (χ2n) is 8.81. The van der Waals surface area contributed by atoms with Gasteiger partial charge < -0.3 is 15.4 Å². The molecule has 0 saturated carbocycles. The maximum Gasteiger partial charge on any atom is 0.407 e. The van der Waals surface area contributed by atoms with Crippen molar-refractivity contribution in [2.75, 3.05) is 19.6 Å². The van der Waals surface area contributed by atoms with Gasteiger partial charge in [0.15, 0.2) is 0 Å². The fourth-order valence-electron chi connectivity index (χ4n) is 1.86. The minimum atomic E-state index is -0.447. The zero-order valence-electron chi connectivity index (χ0n) is 16.2. The third kappa shape index (κ3) is 10.0. The van der Waals surface area contributed by atoms with Crippen LogP contribution in [0.4, 0.5) is 4.79 Å². The predicted molar refractivity (Wildman–Crippen MR) is 94.1 cm³/mol. The zero-order valence-corrected chi connectivity index (χ0v) is 16.2. The summed E-state index contributed by atoms with van der Waals surface area (Å²) in [6, 6.07) is 0. The molecule has 0 rings (SSSR count). The van der Waals surface area contributed by atoms with Crippen molar-refractivity contribution in [2.24, 2.45) is 23.2 Å². The lowest BCUT2D eigenvalue weighted by Gasteiger charge is -2.29. The minimum absolute atomic E-state index is 0.315. The van der Waals surface area contributed by atoms with Gasteiger partial charge in [0.05, 0.1) is 0 Å². The lowest BCUT2D eigenvalue weighted by molar-refractivity contribution is 0.0514. The Hall–Kier alpha value is -0.770. The highest BCUT2D eigenvalue weighted by Crippen LogP contribution is 2.24. The van der Waals surface area contributed by atoms with Gasteiger partial charge in [-0.25, -0.2) is 4.79 Å². The van der Waals surface area contributed by atoms with Crippen LogP contribution in [0.15, 0.2) is 0 Å². The van der Waals surface area contributed by atoms with Crippen LogP contribution in [-0.2, 0) is 4.74 Å². The number of alkyl carbamates (subject to hydrolysis) is 1. The van der Waals surface area contributed by atoms with Crippen LogP contribution in [0, 0.1) is 23.2 Å². The van der Waals surface area contributed by atoms with Gasteiger partial charge in [-0.15, -0.1) is 0 Å². The molecular weight excluding hydrogens is 276 g/mol. The van der Waals surface area contributed by atoms with E-state index in [1.807, 2.05) is 20.8 Å². The first-order valence-electron chi connectivity index (χ1n) is 8.50. The van der Waals surface area contributed by atoms with E-state index in [1.54, 1.807) is 0 Å². The summed E-state index contributed by atoms with van der Waals surface area (Å²) in [7, 11) is 0. The molecule has 0 aliphatic carbocycles. The van der Waals surface area contributed by atoms with Gasteiger partial charge in [-0.1, -0.05) is 41.5 Å². The van der Waals surface area contributed by atoms with Crippen molar-refractivity contribution in [1.29, 1.82) is 0 Å². The molecule has 0 aromatic carbocycles. The topological polar surface area (TPSA) is 50.4 Å². The molecule has 0 spiro atoms. The van der Waals surface area contributed by atoms with Gasteiger partial charge in [-0.05, 0) is 57.0 Å². The Morgan fingerprint density at radius 2 is 1.50 bits per heavy atom. The normalized spacial score (nSPS) is 15.5. The van der Waals surface area contributed by atoms with E-state index >= 15 is 0 Å². The van der Waals surface area contributed by atoms with Crippen LogP contribution in [0.2, 0.25) is 0 Å². The SMILES string of the molecule is CC(C)C(CNCC(C)C(C)(C)C)CNC(=O)OC(C)(C)C. The molecule has 0 bridgehead atoms. The number of rotatable bonds is 7. The van der Waals surface area contributed by atoms with Crippen molar-refractivity contribution in [1.82, 2.24) is 10.6 Å². The Bertz CT molecular complexity index is 327. The van der Waals surface area contributed by atoms with E-state index in [0.29, 0.717) is 29.7 Å². The molecule has 0 aromatic rings. The van der Waals surface area contributed by atoms with Gasteiger partial charge in [-0.3, -0.25) is 0 Å². The molecular formula is C18H38N2O2. The van der Waals surface area contributed by atoms with Crippen LogP contribution in [0.25, 0.3) is 0 Å². The standard InChI is InChI=1S/C18H38N2O2/c1-13(2)15(11-19-10-14(3)17(4,5)6)12-20-16(21)22-18(7,8)9/h13-15,19H,10-12H2,1-9H3,(H,20,21). The molecule has 4 heteroatoms. The van der Waals surface area contributed by atoms with Gasteiger partial charge >= 0.3 is 6.09 Å². The van der Waals surface area contributed by atoms with Crippen molar-refractivity contribution < 1.29 is 9.53 Å². The van der Waals surface area contributed by atoms with E-state index < -0.39 is 5.60 Å². The Kier molecular flexibility index (Phi) is 8.45. The Morgan fingerprint density at radius 1 is 0.955 bits per heavy atom. The first-order valence-corrected chi connectivity index (χ1v) is 8.50. The summed E-state index contributed by atoms with van der Waals surface area (Å²) >= 11 is 0. The molecule has 4 nitrogen and oxygen atoms in total. The monoisotopic (exact) mass is 314 g/mol. The van der Waals surface area contributed by atoms with E-state index in [0.717, 1.165) is 13.1 Å². The first kappa shape index (κ1) is 21.2. The van der Waals surface area contributed by atoms with E-state index in [1.165, 1.54) is 0 Å². The van der Waals surface area contributed by atoms with Crippen molar-refractivity contribution >= 4 is 6.09 Å². The van der Waals surface area contributed by atoms with Crippen molar-refractivity contribution in [3.05, 3.63) is 0 Å². The molecule has 1 amide bonds.